The lowest BCUT2D eigenvalue weighted by atomic mass is 10.1. The standard InChI is InChI=1S/C12H14BrN3S.ClH/c1-8-4-10(13)3-2-9(8)5-15-6-11-7-16-12(14)17-11;/h2-4,7,15H,5-6H2,1H3,(H2,14,16);1H. The number of nitrogens with one attached hydrogen (secondary N) is 1. The topological polar surface area (TPSA) is 50.9 Å². The summed E-state index contributed by atoms with van der Waals surface area (Å²) in [5, 5.41) is 4.02. The minimum atomic E-state index is 0. The number of benzene rings is 1. The molecule has 1 heterocycles. The third-order valence-corrected chi connectivity index (χ3v) is 3.81. The van der Waals surface area contributed by atoms with Gasteiger partial charge < -0.3 is 11.1 Å². The van der Waals surface area contributed by atoms with E-state index in [1.165, 1.54) is 22.5 Å². The van der Waals surface area contributed by atoms with E-state index in [1.54, 1.807) is 0 Å². The van der Waals surface area contributed by atoms with E-state index in [9.17, 15) is 0 Å². The molecular formula is C12H15BrClN3S. The normalized spacial score (nSPS) is 10.1. The summed E-state index contributed by atoms with van der Waals surface area (Å²) in [5.74, 6) is 0. The van der Waals surface area contributed by atoms with Crippen LogP contribution in [-0.4, -0.2) is 4.98 Å². The van der Waals surface area contributed by atoms with E-state index in [-0.39, 0.29) is 12.4 Å². The van der Waals surface area contributed by atoms with E-state index in [0.29, 0.717) is 5.13 Å². The van der Waals surface area contributed by atoms with Crippen molar-refractivity contribution in [3.05, 3.63) is 44.9 Å². The lowest BCUT2D eigenvalue weighted by Crippen LogP contribution is -2.12. The van der Waals surface area contributed by atoms with Gasteiger partial charge in [0.05, 0.1) is 0 Å². The minimum absolute atomic E-state index is 0. The third kappa shape index (κ3) is 4.24. The number of hydrogen-bond donors (Lipinski definition) is 2. The van der Waals surface area contributed by atoms with Crippen LogP contribution in [0.2, 0.25) is 0 Å². The molecule has 1 aromatic carbocycles. The van der Waals surface area contributed by atoms with Gasteiger partial charge in [-0.15, -0.1) is 23.7 Å². The fourth-order valence-corrected chi connectivity index (χ4v) is 2.71. The molecule has 2 aromatic rings. The van der Waals surface area contributed by atoms with Crippen LogP contribution in [0.4, 0.5) is 5.13 Å². The number of halogens is 2. The number of nitrogen functional groups attached to an aromatic ring is 1. The summed E-state index contributed by atoms with van der Waals surface area (Å²) in [5.41, 5.74) is 8.18. The van der Waals surface area contributed by atoms with E-state index in [2.05, 4.69) is 51.4 Å². The number of aromatic nitrogens is 1. The molecule has 2 rings (SSSR count). The van der Waals surface area contributed by atoms with Crippen LogP contribution in [0.3, 0.4) is 0 Å². The lowest BCUT2D eigenvalue weighted by Gasteiger charge is -2.07. The molecule has 3 nitrogen and oxygen atoms in total. The van der Waals surface area contributed by atoms with Gasteiger partial charge in [0.15, 0.2) is 5.13 Å². The Kier molecular flexibility index (Phi) is 6.08. The maximum absolute atomic E-state index is 5.58. The Labute approximate surface area is 125 Å². The Morgan fingerprint density at radius 3 is 2.78 bits per heavy atom. The van der Waals surface area contributed by atoms with Crippen molar-refractivity contribution >= 4 is 44.8 Å². The fraction of sp³-hybridized carbons (Fsp3) is 0.250. The molecule has 0 radical (unpaired) electrons. The number of hydrogen-bond acceptors (Lipinski definition) is 4. The highest BCUT2D eigenvalue weighted by molar-refractivity contribution is 9.10. The second-order valence-electron chi connectivity index (χ2n) is 3.84. The first-order valence-electron chi connectivity index (χ1n) is 5.31. The van der Waals surface area contributed by atoms with Crippen LogP contribution in [0.5, 0.6) is 0 Å². The van der Waals surface area contributed by atoms with Crippen LogP contribution in [0.1, 0.15) is 16.0 Å². The Morgan fingerprint density at radius 1 is 1.39 bits per heavy atom. The molecule has 0 unspecified atom stereocenters. The summed E-state index contributed by atoms with van der Waals surface area (Å²) in [4.78, 5) is 5.19. The second kappa shape index (κ2) is 7.09. The van der Waals surface area contributed by atoms with Crippen molar-refractivity contribution in [1.29, 1.82) is 0 Å². The van der Waals surface area contributed by atoms with Crippen molar-refractivity contribution in [3.8, 4) is 0 Å². The first-order valence-corrected chi connectivity index (χ1v) is 6.92. The zero-order valence-corrected chi connectivity index (χ0v) is 13.2. The van der Waals surface area contributed by atoms with Crippen molar-refractivity contribution < 1.29 is 0 Å². The average molecular weight is 349 g/mol. The largest absolute Gasteiger partial charge is 0.375 e. The van der Waals surface area contributed by atoms with E-state index in [0.717, 1.165) is 22.4 Å². The molecule has 0 aliphatic heterocycles. The minimum Gasteiger partial charge on any atom is -0.375 e. The zero-order valence-electron chi connectivity index (χ0n) is 9.94. The monoisotopic (exact) mass is 347 g/mol. The third-order valence-electron chi connectivity index (χ3n) is 2.49. The van der Waals surface area contributed by atoms with Crippen LogP contribution < -0.4 is 11.1 Å². The number of anilines is 1. The molecule has 0 fully saturated rings. The van der Waals surface area contributed by atoms with Gasteiger partial charge in [-0.1, -0.05) is 22.0 Å². The van der Waals surface area contributed by atoms with E-state index in [4.69, 9.17) is 5.73 Å². The van der Waals surface area contributed by atoms with Gasteiger partial charge in [0.1, 0.15) is 0 Å². The number of rotatable bonds is 4. The SMILES string of the molecule is Cc1cc(Br)ccc1CNCc1cnc(N)s1.Cl. The molecule has 18 heavy (non-hydrogen) atoms. The van der Waals surface area contributed by atoms with Crippen LogP contribution in [0.15, 0.2) is 28.9 Å². The first kappa shape index (κ1) is 15.4. The average Bonchev–Trinajstić information content (AvgIpc) is 2.68. The Bertz CT molecular complexity index is 516. The molecule has 0 amide bonds. The molecule has 3 N–H and O–H groups in total. The van der Waals surface area contributed by atoms with Crippen LogP contribution >= 0.6 is 39.7 Å². The van der Waals surface area contributed by atoms with E-state index in [1.807, 2.05) is 6.20 Å². The van der Waals surface area contributed by atoms with Gasteiger partial charge in [-0.2, -0.15) is 0 Å². The quantitative estimate of drug-likeness (QED) is 0.889. The van der Waals surface area contributed by atoms with Crippen molar-refractivity contribution in [2.45, 2.75) is 20.0 Å². The summed E-state index contributed by atoms with van der Waals surface area (Å²) >= 11 is 4.99. The van der Waals surface area contributed by atoms with Crippen LogP contribution in [0, 0.1) is 6.92 Å². The number of nitrogens with zero attached hydrogens (tertiary/aromatic N) is 1. The molecule has 0 aliphatic carbocycles. The molecule has 98 valence electrons. The van der Waals surface area contributed by atoms with Gasteiger partial charge in [0, 0.05) is 28.6 Å². The molecule has 1 aromatic heterocycles. The molecule has 0 spiro atoms. The van der Waals surface area contributed by atoms with Crippen molar-refractivity contribution in [2.75, 3.05) is 5.73 Å². The Balaban J connectivity index is 0.00000162. The predicted molar refractivity (Wildman–Crippen MR) is 83.2 cm³/mol. The molecule has 6 heteroatoms. The number of aryl methyl sites for hydroxylation is 1. The fourth-order valence-electron chi connectivity index (χ4n) is 1.58. The van der Waals surface area contributed by atoms with Gasteiger partial charge in [-0.3, -0.25) is 0 Å². The van der Waals surface area contributed by atoms with Gasteiger partial charge in [-0.05, 0) is 30.2 Å². The van der Waals surface area contributed by atoms with Crippen molar-refractivity contribution in [3.63, 3.8) is 0 Å². The zero-order chi connectivity index (χ0) is 12.3. The number of thiazole rings is 1. The molecular weight excluding hydrogens is 334 g/mol. The van der Waals surface area contributed by atoms with E-state index >= 15 is 0 Å². The van der Waals surface area contributed by atoms with Gasteiger partial charge in [0.25, 0.3) is 0 Å². The van der Waals surface area contributed by atoms with Crippen LogP contribution in [-0.2, 0) is 13.1 Å². The maximum atomic E-state index is 5.58. The Hall–Kier alpha value is -0.620. The predicted octanol–water partition coefficient (Wildman–Crippen LogP) is 3.51. The summed E-state index contributed by atoms with van der Waals surface area (Å²) in [6.07, 6.45) is 1.82. The summed E-state index contributed by atoms with van der Waals surface area (Å²) in [6.45, 7) is 3.79. The summed E-state index contributed by atoms with van der Waals surface area (Å²) in [6, 6.07) is 6.32. The maximum Gasteiger partial charge on any atom is 0.180 e. The van der Waals surface area contributed by atoms with E-state index < -0.39 is 0 Å². The Morgan fingerprint density at radius 2 is 2.17 bits per heavy atom. The molecule has 0 saturated heterocycles. The van der Waals surface area contributed by atoms with Gasteiger partial charge in [0.2, 0.25) is 0 Å². The van der Waals surface area contributed by atoms with Gasteiger partial charge in [-0.25, -0.2) is 4.98 Å². The smallest absolute Gasteiger partial charge is 0.180 e. The summed E-state index contributed by atoms with van der Waals surface area (Å²) in [7, 11) is 0. The molecule has 0 saturated carbocycles. The van der Waals surface area contributed by atoms with Crippen molar-refractivity contribution in [2.24, 2.45) is 0 Å². The van der Waals surface area contributed by atoms with Crippen LogP contribution in [0.25, 0.3) is 0 Å². The first-order chi connectivity index (χ1) is 8.15. The van der Waals surface area contributed by atoms with Crippen molar-refractivity contribution in [1.82, 2.24) is 10.3 Å². The summed E-state index contributed by atoms with van der Waals surface area (Å²) < 4.78 is 1.12. The number of nitrogens with two attached hydrogens (primary N) is 1. The molecule has 0 aliphatic rings. The highest BCUT2D eigenvalue weighted by Gasteiger charge is 2.01. The molecule has 0 bridgehead atoms. The van der Waals surface area contributed by atoms with Gasteiger partial charge >= 0.3 is 0 Å². The highest BCUT2D eigenvalue weighted by Crippen LogP contribution is 2.17. The lowest BCUT2D eigenvalue weighted by molar-refractivity contribution is 0.697. The second-order valence-corrected chi connectivity index (χ2v) is 5.90. The molecule has 0 atom stereocenters. The highest BCUT2D eigenvalue weighted by atomic mass is 79.9.